The first-order valence-corrected chi connectivity index (χ1v) is 7.06. The van der Waals surface area contributed by atoms with Crippen molar-refractivity contribution in [1.82, 2.24) is 5.32 Å². The third-order valence-corrected chi connectivity index (χ3v) is 3.69. The summed E-state index contributed by atoms with van der Waals surface area (Å²) in [4.78, 5) is 0. The summed E-state index contributed by atoms with van der Waals surface area (Å²) in [5.41, 5.74) is 3.10. The van der Waals surface area contributed by atoms with Crippen LogP contribution in [0.5, 0.6) is 0 Å². The predicted molar refractivity (Wildman–Crippen MR) is 74.3 cm³/mol. The molecule has 1 aromatic rings. The summed E-state index contributed by atoms with van der Waals surface area (Å²) in [5.74, 6) is 0.853. The van der Waals surface area contributed by atoms with Gasteiger partial charge in [0.1, 0.15) is 0 Å². The molecular weight excluding hydrogens is 206 g/mol. The summed E-state index contributed by atoms with van der Waals surface area (Å²) in [6.07, 6.45) is 6.50. The van der Waals surface area contributed by atoms with Crippen LogP contribution < -0.4 is 5.32 Å². The lowest BCUT2D eigenvalue weighted by atomic mass is 10.1. The lowest BCUT2D eigenvalue weighted by Crippen LogP contribution is -2.30. The Morgan fingerprint density at radius 1 is 1.12 bits per heavy atom. The van der Waals surface area contributed by atoms with Gasteiger partial charge in [0.2, 0.25) is 0 Å². The minimum absolute atomic E-state index is 0.687. The van der Waals surface area contributed by atoms with Crippen LogP contribution in [0.15, 0.2) is 24.3 Å². The molecule has 0 aliphatic heterocycles. The lowest BCUT2D eigenvalue weighted by molar-refractivity contribution is 0.483. The molecule has 2 rings (SSSR count). The molecule has 0 spiro atoms. The second-order valence-electron chi connectivity index (χ2n) is 5.72. The number of rotatable bonds is 6. The van der Waals surface area contributed by atoms with Gasteiger partial charge in [-0.15, -0.1) is 0 Å². The first-order valence-electron chi connectivity index (χ1n) is 7.06. The van der Waals surface area contributed by atoms with Crippen LogP contribution in [0.2, 0.25) is 0 Å². The molecule has 0 saturated heterocycles. The fourth-order valence-corrected chi connectivity index (χ4v) is 2.69. The zero-order valence-corrected chi connectivity index (χ0v) is 11.2. The molecule has 0 heterocycles. The summed E-state index contributed by atoms with van der Waals surface area (Å²) in [6.45, 7) is 5.80. The van der Waals surface area contributed by atoms with E-state index in [-0.39, 0.29) is 0 Å². The Hall–Kier alpha value is -0.820. The molecule has 1 aromatic carbocycles. The smallest absolute Gasteiger partial charge is 0.0148 e. The fourth-order valence-electron chi connectivity index (χ4n) is 2.69. The fraction of sp³-hybridized carbons (Fsp3) is 0.625. The Morgan fingerprint density at radius 2 is 1.76 bits per heavy atom. The Balaban J connectivity index is 1.63. The maximum Gasteiger partial charge on any atom is 0.0148 e. The average molecular weight is 231 g/mol. The molecule has 1 heteroatoms. The maximum absolute atomic E-state index is 3.70. The van der Waals surface area contributed by atoms with Crippen LogP contribution in [-0.2, 0) is 12.8 Å². The number of unbranched alkanes of at least 4 members (excludes halogenated alkanes) is 1. The van der Waals surface area contributed by atoms with Gasteiger partial charge in [-0.25, -0.2) is 0 Å². The molecule has 0 aromatic heterocycles. The normalized spacial score (nSPS) is 15.5. The van der Waals surface area contributed by atoms with Crippen molar-refractivity contribution in [2.24, 2.45) is 5.92 Å². The Kier molecular flexibility index (Phi) is 4.61. The molecule has 0 unspecified atom stereocenters. The van der Waals surface area contributed by atoms with Crippen LogP contribution in [0, 0.1) is 5.92 Å². The summed E-state index contributed by atoms with van der Waals surface area (Å²) in [5, 5.41) is 3.70. The van der Waals surface area contributed by atoms with Crippen LogP contribution in [0.1, 0.15) is 44.2 Å². The summed E-state index contributed by atoms with van der Waals surface area (Å²) < 4.78 is 0. The standard InChI is InChI=1S/C16H25N/c1-13(2)7-5-6-10-17-16-11-14-8-3-4-9-15(14)12-16/h3-4,8-9,13,16-17H,5-7,10-12H2,1-2H3. The van der Waals surface area contributed by atoms with Crippen LogP contribution in [0.25, 0.3) is 0 Å². The highest BCUT2D eigenvalue weighted by Crippen LogP contribution is 2.21. The van der Waals surface area contributed by atoms with Gasteiger partial charge in [0.15, 0.2) is 0 Å². The van der Waals surface area contributed by atoms with Crippen LogP contribution in [0.3, 0.4) is 0 Å². The van der Waals surface area contributed by atoms with Gasteiger partial charge in [-0.05, 0) is 42.9 Å². The molecule has 0 amide bonds. The van der Waals surface area contributed by atoms with Gasteiger partial charge in [-0.3, -0.25) is 0 Å². The van der Waals surface area contributed by atoms with Gasteiger partial charge in [0.05, 0.1) is 0 Å². The Bertz CT molecular complexity index is 318. The third kappa shape index (κ3) is 3.85. The van der Waals surface area contributed by atoms with Crippen molar-refractivity contribution in [2.45, 2.75) is 52.0 Å². The van der Waals surface area contributed by atoms with E-state index in [1.807, 2.05) is 0 Å². The van der Waals surface area contributed by atoms with Gasteiger partial charge in [-0.2, -0.15) is 0 Å². The van der Waals surface area contributed by atoms with Gasteiger partial charge < -0.3 is 5.32 Å². The second-order valence-corrected chi connectivity index (χ2v) is 5.72. The summed E-state index contributed by atoms with van der Waals surface area (Å²) in [7, 11) is 0. The first-order chi connectivity index (χ1) is 8.25. The highest BCUT2D eigenvalue weighted by atomic mass is 14.9. The molecule has 1 aliphatic carbocycles. The molecule has 0 radical (unpaired) electrons. The van der Waals surface area contributed by atoms with Gasteiger partial charge in [0, 0.05) is 6.04 Å². The van der Waals surface area contributed by atoms with E-state index in [2.05, 4.69) is 43.4 Å². The van der Waals surface area contributed by atoms with Crippen molar-refractivity contribution in [1.29, 1.82) is 0 Å². The molecule has 1 nitrogen and oxygen atoms in total. The quantitative estimate of drug-likeness (QED) is 0.738. The number of nitrogens with one attached hydrogen (secondary N) is 1. The minimum atomic E-state index is 0.687. The number of benzene rings is 1. The van der Waals surface area contributed by atoms with E-state index in [9.17, 15) is 0 Å². The lowest BCUT2D eigenvalue weighted by Gasteiger charge is -2.12. The van der Waals surface area contributed by atoms with Crippen molar-refractivity contribution in [2.75, 3.05) is 6.54 Å². The Morgan fingerprint density at radius 3 is 2.35 bits per heavy atom. The summed E-state index contributed by atoms with van der Waals surface area (Å²) in [6, 6.07) is 9.55. The Labute approximate surface area is 106 Å². The molecule has 0 atom stereocenters. The van der Waals surface area contributed by atoms with Crippen LogP contribution >= 0.6 is 0 Å². The third-order valence-electron chi connectivity index (χ3n) is 3.69. The number of hydrogen-bond acceptors (Lipinski definition) is 1. The molecule has 1 aliphatic rings. The molecular formula is C16H25N. The molecule has 1 N–H and O–H groups in total. The first kappa shape index (κ1) is 12.6. The van der Waals surface area contributed by atoms with Crippen molar-refractivity contribution in [3.05, 3.63) is 35.4 Å². The highest BCUT2D eigenvalue weighted by molar-refractivity contribution is 5.33. The average Bonchev–Trinajstić information content (AvgIpc) is 2.70. The van der Waals surface area contributed by atoms with Crippen molar-refractivity contribution in [3.8, 4) is 0 Å². The van der Waals surface area contributed by atoms with E-state index in [1.165, 1.54) is 38.6 Å². The minimum Gasteiger partial charge on any atom is -0.313 e. The van der Waals surface area contributed by atoms with Crippen molar-refractivity contribution < 1.29 is 0 Å². The molecule has 17 heavy (non-hydrogen) atoms. The maximum atomic E-state index is 3.70. The largest absolute Gasteiger partial charge is 0.313 e. The van der Waals surface area contributed by atoms with Crippen molar-refractivity contribution in [3.63, 3.8) is 0 Å². The van der Waals surface area contributed by atoms with Crippen molar-refractivity contribution >= 4 is 0 Å². The van der Waals surface area contributed by atoms with E-state index in [4.69, 9.17) is 0 Å². The van der Waals surface area contributed by atoms with E-state index in [1.54, 1.807) is 11.1 Å². The van der Waals surface area contributed by atoms with E-state index >= 15 is 0 Å². The summed E-state index contributed by atoms with van der Waals surface area (Å²) >= 11 is 0. The zero-order chi connectivity index (χ0) is 12.1. The van der Waals surface area contributed by atoms with Gasteiger partial charge in [-0.1, -0.05) is 51.0 Å². The molecule has 94 valence electrons. The molecule has 0 bridgehead atoms. The highest BCUT2D eigenvalue weighted by Gasteiger charge is 2.19. The van der Waals surface area contributed by atoms with Crippen LogP contribution in [0.4, 0.5) is 0 Å². The van der Waals surface area contributed by atoms with Gasteiger partial charge in [0.25, 0.3) is 0 Å². The zero-order valence-electron chi connectivity index (χ0n) is 11.2. The van der Waals surface area contributed by atoms with E-state index < -0.39 is 0 Å². The number of hydrogen-bond donors (Lipinski definition) is 1. The second kappa shape index (κ2) is 6.20. The van der Waals surface area contributed by atoms with Crippen LogP contribution in [-0.4, -0.2) is 12.6 Å². The predicted octanol–water partition coefficient (Wildman–Crippen LogP) is 3.57. The van der Waals surface area contributed by atoms with Gasteiger partial charge >= 0.3 is 0 Å². The molecule has 0 fully saturated rings. The van der Waals surface area contributed by atoms with E-state index in [0.29, 0.717) is 6.04 Å². The van der Waals surface area contributed by atoms with E-state index in [0.717, 1.165) is 5.92 Å². The number of fused-ring (bicyclic) bond motifs is 1. The SMILES string of the molecule is CC(C)CCCCNC1Cc2ccccc2C1. The molecule has 0 saturated carbocycles. The topological polar surface area (TPSA) is 12.0 Å². The monoisotopic (exact) mass is 231 g/mol.